The summed E-state index contributed by atoms with van der Waals surface area (Å²) in [5.41, 5.74) is 0. The number of likely N-dealkylation sites (tertiary alicyclic amines) is 1. The zero-order chi connectivity index (χ0) is 14.5. The number of methoxy groups -OCH3 is 1. The molecule has 0 radical (unpaired) electrons. The third-order valence-corrected chi connectivity index (χ3v) is 4.13. The number of rotatable bonds is 3. The molecule has 2 rings (SSSR count). The van der Waals surface area contributed by atoms with Crippen LogP contribution in [-0.4, -0.2) is 49.4 Å². The fourth-order valence-corrected chi connectivity index (χ4v) is 2.97. The Morgan fingerprint density at radius 3 is 2.60 bits per heavy atom. The Morgan fingerprint density at radius 2 is 1.95 bits per heavy atom. The summed E-state index contributed by atoms with van der Waals surface area (Å²) in [5, 5.41) is 0. The highest BCUT2D eigenvalue weighted by molar-refractivity contribution is 5.82. The van der Waals surface area contributed by atoms with Crippen LogP contribution in [-0.2, 0) is 14.3 Å². The second-order valence-corrected chi connectivity index (χ2v) is 5.61. The van der Waals surface area contributed by atoms with Crippen molar-refractivity contribution in [3.05, 3.63) is 0 Å². The van der Waals surface area contributed by atoms with Gasteiger partial charge in [0.1, 0.15) is 12.2 Å². The van der Waals surface area contributed by atoms with E-state index in [0.29, 0.717) is 12.5 Å². The Hall–Kier alpha value is -1.33. The smallest absolute Gasteiger partial charge is 0.410 e. The molecule has 2 fully saturated rings. The Labute approximate surface area is 118 Å². The van der Waals surface area contributed by atoms with Crippen LogP contribution in [0.2, 0.25) is 0 Å². The predicted molar refractivity (Wildman–Crippen MR) is 69.9 cm³/mol. The fraction of sp³-hybridized carbons (Fsp3) is 0.857. The molecular weight excluding hydrogens is 265 g/mol. The third kappa shape index (κ3) is 3.61. The Kier molecular flexibility index (Phi) is 5.20. The molecule has 1 saturated carbocycles. The number of amides is 1. The number of carbonyl (C=O) groups excluding carboxylic acids is 2. The van der Waals surface area contributed by atoms with Crippen LogP contribution < -0.4 is 0 Å². The minimum atomic E-state index is -1.19. The summed E-state index contributed by atoms with van der Waals surface area (Å²) in [6, 6.07) is -0.853. The molecule has 1 heterocycles. The van der Waals surface area contributed by atoms with E-state index in [9.17, 15) is 14.0 Å². The maximum atomic E-state index is 13.4. The van der Waals surface area contributed by atoms with Crippen molar-refractivity contribution in [1.29, 1.82) is 0 Å². The lowest BCUT2D eigenvalue weighted by molar-refractivity contribution is -0.145. The summed E-state index contributed by atoms with van der Waals surface area (Å²) < 4.78 is 23.3. The van der Waals surface area contributed by atoms with E-state index >= 15 is 0 Å². The molecular formula is C14H22FNO4. The maximum absolute atomic E-state index is 13.4. The third-order valence-electron chi connectivity index (χ3n) is 4.13. The lowest BCUT2D eigenvalue weighted by Gasteiger charge is -2.25. The number of nitrogens with zero attached hydrogens (tertiary/aromatic N) is 1. The monoisotopic (exact) mass is 287 g/mol. The van der Waals surface area contributed by atoms with E-state index in [-0.39, 0.29) is 13.0 Å². The minimum Gasteiger partial charge on any atom is -0.467 e. The van der Waals surface area contributed by atoms with Crippen LogP contribution in [0.1, 0.15) is 38.5 Å². The summed E-state index contributed by atoms with van der Waals surface area (Å²) in [7, 11) is 1.24. The summed E-state index contributed by atoms with van der Waals surface area (Å²) in [6.07, 6.45) is 3.91. The molecule has 0 spiro atoms. The number of alkyl halides is 1. The molecule has 0 aromatic heterocycles. The zero-order valence-electron chi connectivity index (χ0n) is 11.8. The zero-order valence-corrected chi connectivity index (χ0v) is 11.8. The van der Waals surface area contributed by atoms with Gasteiger partial charge in [0.15, 0.2) is 0 Å². The number of hydrogen-bond donors (Lipinski definition) is 0. The SMILES string of the molecule is COC(=O)[C@@H]1CC(F)CN1C(=O)OCC1CCCCC1. The number of esters is 1. The first-order chi connectivity index (χ1) is 9.61. The van der Waals surface area contributed by atoms with Gasteiger partial charge >= 0.3 is 12.1 Å². The molecule has 1 aliphatic carbocycles. The van der Waals surface area contributed by atoms with Crippen LogP contribution >= 0.6 is 0 Å². The van der Waals surface area contributed by atoms with E-state index in [1.54, 1.807) is 0 Å². The van der Waals surface area contributed by atoms with E-state index in [2.05, 4.69) is 4.74 Å². The molecule has 6 heteroatoms. The number of carbonyl (C=O) groups is 2. The van der Waals surface area contributed by atoms with E-state index in [0.717, 1.165) is 17.7 Å². The molecule has 5 nitrogen and oxygen atoms in total. The Morgan fingerprint density at radius 1 is 1.25 bits per heavy atom. The van der Waals surface area contributed by atoms with Gasteiger partial charge < -0.3 is 9.47 Å². The molecule has 2 atom stereocenters. The summed E-state index contributed by atoms with van der Waals surface area (Å²) in [5.74, 6) is -0.187. The summed E-state index contributed by atoms with van der Waals surface area (Å²) in [6.45, 7) is 0.267. The summed E-state index contributed by atoms with van der Waals surface area (Å²) >= 11 is 0. The van der Waals surface area contributed by atoms with Gasteiger partial charge in [-0.25, -0.2) is 14.0 Å². The van der Waals surface area contributed by atoms with Gasteiger partial charge in [-0.15, -0.1) is 0 Å². The van der Waals surface area contributed by atoms with Crippen LogP contribution in [0, 0.1) is 5.92 Å². The van der Waals surface area contributed by atoms with Crippen LogP contribution in [0.4, 0.5) is 9.18 Å². The van der Waals surface area contributed by atoms with Crippen molar-refractivity contribution in [2.45, 2.75) is 50.7 Å². The molecule has 1 unspecified atom stereocenters. The van der Waals surface area contributed by atoms with Gasteiger partial charge in [-0.2, -0.15) is 0 Å². The van der Waals surface area contributed by atoms with Crippen molar-refractivity contribution in [2.75, 3.05) is 20.3 Å². The molecule has 0 bridgehead atoms. The van der Waals surface area contributed by atoms with E-state index in [4.69, 9.17) is 4.74 Å². The van der Waals surface area contributed by atoms with Gasteiger partial charge in [0.05, 0.1) is 20.3 Å². The van der Waals surface area contributed by atoms with Crippen molar-refractivity contribution in [3.8, 4) is 0 Å². The molecule has 1 saturated heterocycles. The highest BCUT2D eigenvalue weighted by Crippen LogP contribution is 2.25. The van der Waals surface area contributed by atoms with Gasteiger partial charge in [0.25, 0.3) is 0 Å². The van der Waals surface area contributed by atoms with Crippen LogP contribution in [0.15, 0.2) is 0 Å². The normalized spacial score (nSPS) is 27.4. The lowest BCUT2D eigenvalue weighted by atomic mass is 9.90. The van der Waals surface area contributed by atoms with Crippen molar-refractivity contribution in [3.63, 3.8) is 0 Å². The Bertz CT molecular complexity index is 357. The molecule has 20 heavy (non-hydrogen) atoms. The first kappa shape index (κ1) is 15.1. The standard InChI is InChI=1S/C14H22FNO4/c1-19-13(17)12-7-11(15)8-16(12)14(18)20-9-10-5-3-2-4-6-10/h10-12H,2-9H2,1H3/t11?,12-/m0/s1. The maximum Gasteiger partial charge on any atom is 0.410 e. The average Bonchev–Trinajstić information content (AvgIpc) is 2.87. The van der Waals surface area contributed by atoms with E-state index in [1.807, 2.05) is 0 Å². The van der Waals surface area contributed by atoms with Crippen LogP contribution in [0.3, 0.4) is 0 Å². The molecule has 0 aromatic rings. The van der Waals surface area contributed by atoms with E-state index in [1.165, 1.54) is 26.4 Å². The first-order valence-electron chi connectivity index (χ1n) is 7.27. The summed E-state index contributed by atoms with van der Waals surface area (Å²) in [4.78, 5) is 24.7. The molecule has 0 N–H and O–H groups in total. The van der Waals surface area contributed by atoms with Gasteiger partial charge in [-0.05, 0) is 18.8 Å². The van der Waals surface area contributed by atoms with Crippen molar-refractivity contribution in [2.24, 2.45) is 5.92 Å². The number of hydrogen-bond acceptors (Lipinski definition) is 4. The van der Waals surface area contributed by atoms with Gasteiger partial charge in [-0.1, -0.05) is 19.3 Å². The van der Waals surface area contributed by atoms with Crippen molar-refractivity contribution in [1.82, 2.24) is 4.90 Å². The minimum absolute atomic E-state index is 0.00873. The van der Waals surface area contributed by atoms with Crippen LogP contribution in [0.5, 0.6) is 0 Å². The topological polar surface area (TPSA) is 55.8 Å². The molecule has 1 aliphatic heterocycles. The van der Waals surface area contributed by atoms with Crippen molar-refractivity contribution >= 4 is 12.1 Å². The molecule has 2 aliphatic rings. The number of halogens is 1. The predicted octanol–water partition coefficient (Wildman–Crippen LogP) is 2.29. The number of ether oxygens (including phenoxy) is 2. The Balaban J connectivity index is 1.85. The van der Waals surface area contributed by atoms with Gasteiger partial charge in [-0.3, -0.25) is 4.90 Å². The van der Waals surface area contributed by atoms with Crippen molar-refractivity contribution < 1.29 is 23.5 Å². The van der Waals surface area contributed by atoms with Gasteiger partial charge in [0.2, 0.25) is 0 Å². The van der Waals surface area contributed by atoms with E-state index < -0.39 is 24.3 Å². The quantitative estimate of drug-likeness (QED) is 0.747. The van der Waals surface area contributed by atoms with Crippen LogP contribution in [0.25, 0.3) is 0 Å². The second kappa shape index (κ2) is 6.90. The molecule has 114 valence electrons. The second-order valence-electron chi connectivity index (χ2n) is 5.61. The molecule has 0 aromatic carbocycles. The molecule has 1 amide bonds. The first-order valence-corrected chi connectivity index (χ1v) is 7.27. The average molecular weight is 287 g/mol. The van der Waals surface area contributed by atoms with Gasteiger partial charge in [0, 0.05) is 6.42 Å². The highest BCUT2D eigenvalue weighted by atomic mass is 19.1. The largest absolute Gasteiger partial charge is 0.467 e. The fourth-order valence-electron chi connectivity index (χ4n) is 2.97. The lowest BCUT2D eigenvalue weighted by Crippen LogP contribution is -2.42. The highest BCUT2D eigenvalue weighted by Gasteiger charge is 2.41.